The van der Waals surface area contributed by atoms with Crippen LogP contribution in [0.4, 0.5) is 5.69 Å². The highest BCUT2D eigenvalue weighted by Crippen LogP contribution is 2.30. The Balaban J connectivity index is 2.01. The number of ether oxygens (including phenoxy) is 1. The van der Waals surface area contributed by atoms with Crippen LogP contribution in [0, 0.1) is 0 Å². The standard InChI is InChI=1S/C12H14N2O2/c13-8-4-3-6-9-11(8)14-12(16-9)10-5-1-2-7-15-10/h3-4,6,10H,1-2,5,7,13H2. The van der Waals surface area contributed by atoms with Crippen LogP contribution in [0.15, 0.2) is 22.6 Å². The van der Waals surface area contributed by atoms with Gasteiger partial charge in [0.15, 0.2) is 5.58 Å². The Kier molecular flexibility index (Phi) is 2.29. The van der Waals surface area contributed by atoms with Crippen molar-refractivity contribution in [3.8, 4) is 0 Å². The second kappa shape index (κ2) is 3.79. The molecule has 0 aliphatic carbocycles. The minimum Gasteiger partial charge on any atom is -0.438 e. The quantitative estimate of drug-likeness (QED) is 0.747. The van der Waals surface area contributed by atoms with Crippen LogP contribution >= 0.6 is 0 Å². The van der Waals surface area contributed by atoms with Crippen LogP contribution in [0.3, 0.4) is 0 Å². The van der Waals surface area contributed by atoms with Gasteiger partial charge in [0.05, 0.1) is 5.69 Å². The fraction of sp³-hybridized carbons (Fsp3) is 0.417. The van der Waals surface area contributed by atoms with E-state index in [0.29, 0.717) is 11.6 Å². The third-order valence-electron chi connectivity index (χ3n) is 2.92. The smallest absolute Gasteiger partial charge is 0.224 e. The molecule has 16 heavy (non-hydrogen) atoms. The molecule has 0 spiro atoms. The van der Waals surface area contributed by atoms with Crippen LogP contribution in [-0.2, 0) is 4.74 Å². The first-order chi connectivity index (χ1) is 7.84. The summed E-state index contributed by atoms with van der Waals surface area (Å²) < 4.78 is 11.3. The number of aromatic nitrogens is 1. The van der Waals surface area contributed by atoms with Crippen LogP contribution in [0.2, 0.25) is 0 Å². The molecule has 1 unspecified atom stereocenters. The summed E-state index contributed by atoms with van der Waals surface area (Å²) in [5, 5.41) is 0. The number of hydrogen-bond acceptors (Lipinski definition) is 4. The number of para-hydroxylation sites is 1. The van der Waals surface area contributed by atoms with E-state index in [1.807, 2.05) is 18.2 Å². The van der Waals surface area contributed by atoms with Gasteiger partial charge < -0.3 is 14.9 Å². The molecule has 1 aromatic heterocycles. The number of rotatable bonds is 1. The van der Waals surface area contributed by atoms with Crippen molar-refractivity contribution in [2.24, 2.45) is 0 Å². The van der Waals surface area contributed by atoms with Gasteiger partial charge in [0, 0.05) is 6.61 Å². The Bertz CT molecular complexity index is 501. The molecule has 4 heteroatoms. The lowest BCUT2D eigenvalue weighted by Crippen LogP contribution is -2.11. The average molecular weight is 218 g/mol. The van der Waals surface area contributed by atoms with Gasteiger partial charge >= 0.3 is 0 Å². The molecule has 1 aliphatic rings. The molecule has 0 amide bonds. The van der Waals surface area contributed by atoms with E-state index in [2.05, 4.69) is 4.98 Å². The number of oxazole rings is 1. The monoisotopic (exact) mass is 218 g/mol. The van der Waals surface area contributed by atoms with Gasteiger partial charge in [-0.25, -0.2) is 4.98 Å². The zero-order valence-corrected chi connectivity index (χ0v) is 8.98. The Morgan fingerprint density at radius 1 is 1.31 bits per heavy atom. The topological polar surface area (TPSA) is 61.3 Å². The SMILES string of the molecule is Nc1cccc2oc(C3CCCCO3)nc12. The molecule has 1 saturated heterocycles. The van der Waals surface area contributed by atoms with Gasteiger partial charge in [0.25, 0.3) is 0 Å². The van der Waals surface area contributed by atoms with Crippen LogP contribution in [0.5, 0.6) is 0 Å². The maximum absolute atomic E-state index is 5.84. The highest BCUT2D eigenvalue weighted by Gasteiger charge is 2.21. The number of benzene rings is 1. The van der Waals surface area contributed by atoms with Gasteiger partial charge in [-0.2, -0.15) is 0 Å². The van der Waals surface area contributed by atoms with E-state index < -0.39 is 0 Å². The van der Waals surface area contributed by atoms with E-state index in [1.54, 1.807) is 0 Å². The van der Waals surface area contributed by atoms with Crippen molar-refractivity contribution < 1.29 is 9.15 Å². The van der Waals surface area contributed by atoms with Crippen LogP contribution < -0.4 is 5.73 Å². The maximum atomic E-state index is 5.84. The number of anilines is 1. The van der Waals surface area contributed by atoms with Crippen molar-refractivity contribution in [1.29, 1.82) is 0 Å². The lowest BCUT2D eigenvalue weighted by Gasteiger charge is -2.19. The van der Waals surface area contributed by atoms with Gasteiger partial charge in [-0.05, 0) is 31.4 Å². The molecule has 1 fully saturated rings. The van der Waals surface area contributed by atoms with E-state index in [-0.39, 0.29) is 6.10 Å². The van der Waals surface area contributed by atoms with Gasteiger partial charge in [0.2, 0.25) is 5.89 Å². The summed E-state index contributed by atoms with van der Waals surface area (Å²) in [6.45, 7) is 0.791. The number of nitrogen functional groups attached to an aromatic ring is 1. The van der Waals surface area contributed by atoms with E-state index >= 15 is 0 Å². The Morgan fingerprint density at radius 3 is 3.00 bits per heavy atom. The highest BCUT2D eigenvalue weighted by atomic mass is 16.5. The molecule has 0 bridgehead atoms. The van der Waals surface area contributed by atoms with E-state index in [9.17, 15) is 0 Å². The molecule has 3 rings (SSSR count). The fourth-order valence-electron chi connectivity index (χ4n) is 2.06. The van der Waals surface area contributed by atoms with Crippen LogP contribution in [0.25, 0.3) is 11.1 Å². The zero-order chi connectivity index (χ0) is 11.0. The Labute approximate surface area is 93.4 Å². The van der Waals surface area contributed by atoms with Crippen LogP contribution in [-0.4, -0.2) is 11.6 Å². The van der Waals surface area contributed by atoms with Crippen molar-refractivity contribution >= 4 is 16.8 Å². The molecular formula is C12H14N2O2. The highest BCUT2D eigenvalue weighted by molar-refractivity contribution is 5.85. The summed E-state index contributed by atoms with van der Waals surface area (Å²) in [6, 6.07) is 5.58. The van der Waals surface area contributed by atoms with Crippen molar-refractivity contribution in [2.75, 3.05) is 12.3 Å². The maximum Gasteiger partial charge on any atom is 0.224 e. The normalized spacial score (nSPS) is 21.4. The summed E-state index contributed by atoms with van der Waals surface area (Å²) in [5.41, 5.74) is 7.97. The van der Waals surface area contributed by atoms with Gasteiger partial charge in [-0.1, -0.05) is 6.07 Å². The van der Waals surface area contributed by atoms with Gasteiger partial charge in [0.1, 0.15) is 11.6 Å². The molecule has 4 nitrogen and oxygen atoms in total. The second-order valence-corrected chi connectivity index (χ2v) is 4.10. The number of nitrogens with two attached hydrogens (primary N) is 1. The molecule has 84 valence electrons. The number of nitrogens with zero attached hydrogens (tertiary/aromatic N) is 1. The first-order valence-electron chi connectivity index (χ1n) is 5.61. The third kappa shape index (κ3) is 1.55. The molecule has 1 aliphatic heterocycles. The van der Waals surface area contributed by atoms with E-state index in [0.717, 1.165) is 30.5 Å². The lowest BCUT2D eigenvalue weighted by molar-refractivity contribution is -0.000551. The molecule has 2 heterocycles. The van der Waals surface area contributed by atoms with Crippen molar-refractivity contribution in [2.45, 2.75) is 25.4 Å². The summed E-state index contributed by atoms with van der Waals surface area (Å²) >= 11 is 0. The molecular weight excluding hydrogens is 204 g/mol. The average Bonchev–Trinajstić information content (AvgIpc) is 2.76. The van der Waals surface area contributed by atoms with Crippen LogP contribution in [0.1, 0.15) is 31.3 Å². The van der Waals surface area contributed by atoms with E-state index in [4.69, 9.17) is 14.9 Å². The number of fused-ring (bicyclic) bond motifs is 1. The van der Waals surface area contributed by atoms with Gasteiger partial charge in [-0.15, -0.1) is 0 Å². The molecule has 2 N–H and O–H groups in total. The molecule has 0 radical (unpaired) electrons. The molecule has 0 saturated carbocycles. The van der Waals surface area contributed by atoms with E-state index in [1.165, 1.54) is 6.42 Å². The Hall–Kier alpha value is -1.55. The first-order valence-corrected chi connectivity index (χ1v) is 5.61. The van der Waals surface area contributed by atoms with Crippen molar-refractivity contribution in [1.82, 2.24) is 4.98 Å². The predicted molar refractivity (Wildman–Crippen MR) is 61.0 cm³/mol. The zero-order valence-electron chi connectivity index (χ0n) is 8.98. The first kappa shape index (κ1) is 9.66. The summed E-state index contributed by atoms with van der Waals surface area (Å²) in [5.74, 6) is 0.660. The van der Waals surface area contributed by atoms with Gasteiger partial charge in [-0.3, -0.25) is 0 Å². The minimum atomic E-state index is 0.000509. The van der Waals surface area contributed by atoms with Crippen molar-refractivity contribution in [3.63, 3.8) is 0 Å². The summed E-state index contributed by atoms with van der Waals surface area (Å²) in [6.07, 6.45) is 3.27. The van der Waals surface area contributed by atoms with Crippen molar-refractivity contribution in [3.05, 3.63) is 24.1 Å². The predicted octanol–water partition coefficient (Wildman–Crippen LogP) is 2.65. The minimum absolute atomic E-state index is 0.000509. The molecule has 1 atom stereocenters. The summed E-state index contributed by atoms with van der Waals surface area (Å²) in [7, 11) is 0. The largest absolute Gasteiger partial charge is 0.438 e. The second-order valence-electron chi connectivity index (χ2n) is 4.10. The number of hydrogen-bond donors (Lipinski definition) is 1. The fourth-order valence-corrected chi connectivity index (χ4v) is 2.06. The third-order valence-corrected chi connectivity index (χ3v) is 2.92. The lowest BCUT2D eigenvalue weighted by atomic mass is 10.1. The summed E-state index contributed by atoms with van der Waals surface area (Å²) in [4.78, 5) is 4.42. The molecule has 1 aromatic carbocycles. The Morgan fingerprint density at radius 2 is 2.25 bits per heavy atom. The molecule has 2 aromatic rings.